The minimum Gasteiger partial charge on any atom is -0.309 e. The fourth-order valence-corrected chi connectivity index (χ4v) is 5.66. The Kier molecular flexibility index (Phi) is 4.90. The zero-order valence-corrected chi connectivity index (χ0v) is 20.3. The molecule has 0 fully saturated rings. The maximum Gasteiger partial charge on any atom is 0.0547 e. The number of para-hydroxylation sites is 1. The van der Waals surface area contributed by atoms with Gasteiger partial charge in [-0.15, -0.1) is 0 Å². The lowest BCUT2D eigenvalue weighted by Crippen LogP contribution is -1.94. The molecule has 2 heteroatoms. The van der Waals surface area contributed by atoms with Crippen molar-refractivity contribution in [2.45, 2.75) is 0 Å². The molecular weight excluding hydrogens is 458 g/mol. The smallest absolute Gasteiger partial charge is 0.0547 e. The van der Waals surface area contributed by atoms with Crippen molar-refractivity contribution in [3.05, 3.63) is 138 Å². The van der Waals surface area contributed by atoms with Crippen molar-refractivity contribution in [1.82, 2.24) is 4.57 Å². The normalized spacial score (nSPS) is 11.5. The number of fused-ring (bicyclic) bond motifs is 5. The van der Waals surface area contributed by atoms with Crippen LogP contribution >= 0.6 is 11.6 Å². The monoisotopic (exact) mass is 479 g/mol. The second-order valence-electron chi connectivity index (χ2n) is 9.14. The summed E-state index contributed by atoms with van der Waals surface area (Å²) in [5, 5.41) is 5.83. The first kappa shape index (κ1) is 21.0. The standard InChI is InChI=1S/C34H22ClN/c35-27-14-6-12-25(21-27)26-13-7-15-28(22-26)36-31-18-5-4-16-30(31)34-32(36)20-19-24-11-8-17-29(33(24)34)23-9-2-1-3-10-23/h1-22H. The zero-order valence-electron chi connectivity index (χ0n) is 19.5. The van der Waals surface area contributed by atoms with Crippen molar-refractivity contribution in [2.75, 3.05) is 0 Å². The zero-order chi connectivity index (χ0) is 24.1. The Morgan fingerprint density at radius 2 is 1.19 bits per heavy atom. The van der Waals surface area contributed by atoms with Gasteiger partial charge in [0, 0.05) is 21.5 Å². The van der Waals surface area contributed by atoms with E-state index in [9.17, 15) is 0 Å². The van der Waals surface area contributed by atoms with Crippen LogP contribution in [0.5, 0.6) is 0 Å². The highest BCUT2D eigenvalue weighted by atomic mass is 35.5. The molecule has 0 N–H and O–H groups in total. The Hall–Kier alpha value is -4.33. The Balaban J connectivity index is 1.57. The van der Waals surface area contributed by atoms with E-state index >= 15 is 0 Å². The molecule has 170 valence electrons. The van der Waals surface area contributed by atoms with Gasteiger partial charge >= 0.3 is 0 Å². The van der Waals surface area contributed by atoms with E-state index < -0.39 is 0 Å². The van der Waals surface area contributed by atoms with Crippen LogP contribution in [0.25, 0.3) is 60.5 Å². The molecule has 0 saturated carbocycles. The van der Waals surface area contributed by atoms with Gasteiger partial charge in [0.05, 0.1) is 11.0 Å². The van der Waals surface area contributed by atoms with Gasteiger partial charge in [-0.2, -0.15) is 0 Å². The van der Waals surface area contributed by atoms with Crippen LogP contribution in [0.3, 0.4) is 0 Å². The minimum absolute atomic E-state index is 0.745. The van der Waals surface area contributed by atoms with Gasteiger partial charge in [-0.25, -0.2) is 0 Å². The Labute approximate surface area is 214 Å². The topological polar surface area (TPSA) is 4.93 Å². The minimum atomic E-state index is 0.745. The molecule has 0 radical (unpaired) electrons. The van der Waals surface area contributed by atoms with Gasteiger partial charge < -0.3 is 4.57 Å². The van der Waals surface area contributed by atoms with Crippen molar-refractivity contribution in [3.8, 4) is 27.9 Å². The SMILES string of the molecule is Clc1cccc(-c2cccc(-n3c4ccccc4c4c5c(-c6ccccc6)cccc5ccc43)c2)c1. The van der Waals surface area contributed by atoms with Gasteiger partial charge in [0.15, 0.2) is 0 Å². The maximum absolute atomic E-state index is 6.31. The molecule has 0 aliphatic carbocycles. The maximum atomic E-state index is 6.31. The number of rotatable bonds is 3. The number of halogens is 1. The highest BCUT2D eigenvalue weighted by Gasteiger charge is 2.17. The van der Waals surface area contributed by atoms with E-state index in [4.69, 9.17) is 11.6 Å². The lowest BCUT2D eigenvalue weighted by molar-refractivity contribution is 1.18. The molecule has 0 atom stereocenters. The number of aromatic nitrogens is 1. The molecule has 1 heterocycles. The number of hydrogen-bond acceptors (Lipinski definition) is 0. The summed E-state index contributed by atoms with van der Waals surface area (Å²) in [5.41, 5.74) is 8.29. The van der Waals surface area contributed by atoms with Gasteiger partial charge in [0.2, 0.25) is 0 Å². The summed E-state index contributed by atoms with van der Waals surface area (Å²) in [4.78, 5) is 0. The molecular formula is C34H22ClN. The van der Waals surface area contributed by atoms with E-state index in [-0.39, 0.29) is 0 Å². The van der Waals surface area contributed by atoms with Crippen LogP contribution in [0.15, 0.2) is 133 Å². The van der Waals surface area contributed by atoms with Gasteiger partial charge in [-0.3, -0.25) is 0 Å². The lowest BCUT2D eigenvalue weighted by Gasteiger charge is -2.12. The fourth-order valence-electron chi connectivity index (χ4n) is 5.47. The van der Waals surface area contributed by atoms with Crippen LogP contribution in [-0.4, -0.2) is 4.57 Å². The molecule has 0 spiro atoms. The van der Waals surface area contributed by atoms with Crippen LogP contribution in [-0.2, 0) is 0 Å². The first-order valence-corrected chi connectivity index (χ1v) is 12.5. The summed E-state index contributed by atoms with van der Waals surface area (Å²) < 4.78 is 2.39. The predicted octanol–water partition coefficient (Wildman–Crippen LogP) is 9.92. The molecule has 0 bridgehead atoms. The molecule has 1 aromatic heterocycles. The Morgan fingerprint density at radius 1 is 0.472 bits per heavy atom. The third kappa shape index (κ3) is 3.32. The van der Waals surface area contributed by atoms with E-state index in [0.29, 0.717) is 0 Å². The van der Waals surface area contributed by atoms with Crippen molar-refractivity contribution >= 4 is 44.2 Å². The van der Waals surface area contributed by atoms with Crippen LogP contribution in [0.4, 0.5) is 0 Å². The Morgan fingerprint density at radius 3 is 2.06 bits per heavy atom. The van der Waals surface area contributed by atoms with E-state index in [1.54, 1.807) is 0 Å². The summed E-state index contributed by atoms with van der Waals surface area (Å²) >= 11 is 6.31. The van der Waals surface area contributed by atoms with Crippen molar-refractivity contribution in [3.63, 3.8) is 0 Å². The molecule has 7 rings (SSSR count). The summed E-state index contributed by atoms with van der Waals surface area (Å²) in [6.45, 7) is 0. The van der Waals surface area contributed by atoms with Crippen LogP contribution in [0.2, 0.25) is 5.02 Å². The molecule has 0 amide bonds. The average Bonchev–Trinajstić information content (AvgIpc) is 3.28. The molecule has 0 aliphatic rings. The molecule has 0 aliphatic heterocycles. The number of hydrogen-bond donors (Lipinski definition) is 0. The van der Waals surface area contributed by atoms with Gasteiger partial charge in [0.1, 0.15) is 0 Å². The summed E-state index contributed by atoms with van der Waals surface area (Å²) in [5.74, 6) is 0. The van der Waals surface area contributed by atoms with E-state index in [2.05, 4.69) is 120 Å². The fraction of sp³-hybridized carbons (Fsp3) is 0. The Bertz CT molecular complexity index is 1900. The largest absolute Gasteiger partial charge is 0.309 e. The summed E-state index contributed by atoms with van der Waals surface area (Å²) in [7, 11) is 0. The predicted molar refractivity (Wildman–Crippen MR) is 154 cm³/mol. The van der Waals surface area contributed by atoms with Crippen LogP contribution in [0, 0.1) is 0 Å². The van der Waals surface area contributed by atoms with Crippen molar-refractivity contribution in [1.29, 1.82) is 0 Å². The third-order valence-corrected chi connectivity index (χ3v) is 7.26. The first-order valence-electron chi connectivity index (χ1n) is 12.1. The highest BCUT2D eigenvalue weighted by Crippen LogP contribution is 2.41. The molecule has 7 aromatic rings. The van der Waals surface area contributed by atoms with Crippen LogP contribution in [0.1, 0.15) is 0 Å². The van der Waals surface area contributed by atoms with E-state index in [0.717, 1.165) is 21.8 Å². The highest BCUT2D eigenvalue weighted by molar-refractivity contribution is 6.30. The van der Waals surface area contributed by atoms with Gasteiger partial charge in [-0.1, -0.05) is 109 Å². The van der Waals surface area contributed by atoms with E-state index in [1.165, 1.54) is 43.7 Å². The third-order valence-electron chi connectivity index (χ3n) is 7.03. The van der Waals surface area contributed by atoms with E-state index in [1.807, 2.05) is 18.2 Å². The molecule has 0 unspecified atom stereocenters. The van der Waals surface area contributed by atoms with Crippen LogP contribution < -0.4 is 0 Å². The van der Waals surface area contributed by atoms with Gasteiger partial charge in [0.25, 0.3) is 0 Å². The average molecular weight is 480 g/mol. The van der Waals surface area contributed by atoms with Crippen molar-refractivity contribution in [2.24, 2.45) is 0 Å². The lowest BCUT2D eigenvalue weighted by atomic mass is 9.94. The summed E-state index contributed by atoms with van der Waals surface area (Å²) in [6.07, 6.45) is 0. The summed E-state index contributed by atoms with van der Waals surface area (Å²) in [6, 6.07) is 47.3. The molecule has 6 aromatic carbocycles. The second-order valence-corrected chi connectivity index (χ2v) is 9.58. The quantitative estimate of drug-likeness (QED) is 0.237. The van der Waals surface area contributed by atoms with Gasteiger partial charge in [-0.05, 0) is 69.4 Å². The number of benzene rings is 6. The molecule has 0 saturated heterocycles. The number of nitrogens with zero attached hydrogens (tertiary/aromatic N) is 1. The molecule has 36 heavy (non-hydrogen) atoms. The van der Waals surface area contributed by atoms with Crippen molar-refractivity contribution < 1.29 is 0 Å². The second kappa shape index (κ2) is 8.41. The molecule has 1 nitrogen and oxygen atoms in total. The first-order chi connectivity index (χ1) is 17.8.